The van der Waals surface area contributed by atoms with Crippen LogP contribution < -0.4 is 10.6 Å². The second kappa shape index (κ2) is 6.27. The lowest BCUT2D eigenvalue weighted by Gasteiger charge is -2.37. The van der Waals surface area contributed by atoms with Crippen LogP contribution in [-0.2, 0) is 4.79 Å². The number of piperidine rings is 1. The Kier molecular flexibility index (Phi) is 4.65. The van der Waals surface area contributed by atoms with Gasteiger partial charge >= 0.3 is 0 Å². The molecule has 1 aliphatic rings. The first-order valence-corrected chi connectivity index (χ1v) is 7.33. The molecule has 0 aromatic heterocycles. The number of hydrogen-bond donors (Lipinski definition) is 1. The van der Waals surface area contributed by atoms with Gasteiger partial charge in [0.05, 0.1) is 6.54 Å². The van der Waals surface area contributed by atoms with Crippen molar-refractivity contribution in [2.24, 2.45) is 5.92 Å². The van der Waals surface area contributed by atoms with Crippen LogP contribution in [0.1, 0.15) is 26.7 Å². The Bertz CT molecular complexity index is 457. The highest BCUT2D eigenvalue weighted by molar-refractivity contribution is 5.94. The van der Waals surface area contributed by atoms with Crippen molar-refractivity contribution in [3.8, 4) is 0 Å². The molecule has 1 saturated heterocycles. The average molecular weight is 275 g/mol. The normalized spacial score (nSPS) is 23.6. The van der Waals surface area contributed by atoms with E-state index in [9.17, 15) is 4.79 Å². The fraction of sp³-hybridized carbons (Fsp3) is 0.562. The van der Waals surface area contributed by atoms with Gasteiger partial charge in [-0.15, -0.1) is 0 Å². The number of nitrogens with two attached hydrogens (primary N) is 1. The summed E-state index contributed by atoms with van der Waals surface area (Å²) in [6.45, 7) is 5.98. The molecule has 1 amide bonds. The van der Waals surface area contributed by atoms with Gasteiger partial charge in [-0.05, 0) is 49.9 Å². The van der Waals surface area contributed by atoms with Gasteiger partial charge < -0.3 is 10.6 Å². The number of hydrogen-bond acceptors (Lipinski definition) is 3. The zero-order valence-electron chi connectivity index (χ0n) is 12.7. The lowest BCUT2D eigenvalue weighted by Crippen LogP contribution is -2.47. The van der Waals surface area contributed by atoms with Gasteiger partial charge in [0, 0.05) is 31.0 Å². The van der Waals surface area contributed by atoms with Crippen LogP contribution in [0.5, 0.6) is 0 Å². The number of rotatable bonds is 3. The third-order valence-electron chi connectivity index (χ3n) is 4.24. The molecular weight excluding hydrogens is 250 g/mol. The highest BCUT2D eigenvalue weighted by atomic mass is 16.2. The van der Waals surface area contributed by atoms with E-state index in [1.165, 1.54) is 12.8 Å². The van der Waals surface area contributed by atoms with Crippen LogP contribution >= 0.6 is 0 Å². The number of likely N-dealkylation sites (tertiary alicyclic amines) is 1. The minimum absolute atomic E-state index is 0.135. The van der Waals surface area contributed by atoms with Crippen LogP contribution in [0.2, 0.25) is 0 Å². The minimum atomic E-state index is 0.135. The van der Waals surface area contributed by atoms with Crippen LogP contribution in [0, 0.1) is 5.92 Å². The summed E-state index contributed by atoms with van der Waals surface area (Å²) in [5, 5.41) is 0. The minimum Gasteiger partial charge on any atom is -0.399 e. The predicted octanol–water partition coefficient (Wildman–Crippen LogP) is 2.35. The van der Waals surface area contributed by atoms with E-state index >= 15 is 0 Å². The molecule has 1 aromatic rings. The zero-order valence-corrected chi connectivity index (χ0v) is 12.7. The zero-order chi connectivity index (χ0) is 14.7. The van der Waals surface area contributed by atoms with Gasteiger partial charge in [-0.25, -0.2) is 0 Å². The quantitative estimate of drug-likeness (QED) is 0.862. The molecule has 1 fully saturated rings. The van der Waals surface area contributed by atoms with Crippen molar-refractivity contribution in [2.75, 3.05) is 30.8 Å². The fourth-order valence-electron chi connectivity index (χ4n) is 2.72. The molecule has 4 heteroatoms. The maximum absolute atomic E-state index is 12.4. The van der Waals surface area contributed by atoms with Crippen molar-refractivity contribution in [3.05, 3.63) is 24.3 Å². The van der Waals surface area contributed by atoms with Crippen LogP contribution in [0.15, 0.2) is 24.3 Å². The molecule has 1 heterocycles. The van der Waals surface area contributed by atoms with Crippen LogP contribution in [0.4, 0.5) is 11.4 Å². The molecule has 1 aromatic carbocycles. The number of nitrogen functional groups attached to an aromatic ring is 1. The Morgan fingerprint density at radius 1 is 1.30 bits per heavy atom. The molecule has 2 unspecified atom stereocenters. The predicted molar refractivity (Wildman–Crippen MR) is 83.7 cm³/mol. The Morgan fingerprint density at radius 3 is 2.60 bits per heavy atom. The van der Waals surface area contributed by atoms with Crippen molar-refractivity contribution >= 4 is 17.3 Å². The summed E-state index contributed by atoms with van der Waals surface area (Å²) in [7, 11) is 1.83. The summed E-state index contributed by atoms with van der Waals surface area (Å²) in [4.78, 5) is 16.4. The van der Waals surface area contributed by atoms with E-state index in [1.807, 2.05) is 31.3 Å². The van der Waals surface area contributed by atoms with E-state index in [1.54, 1.807) is 4.90 Å². The highest BCUT2D eigenvalue weighted by Crippen LogP contribution is 2.22. The third kappa shape index (κ3) is 3.51. The number of likely N-dealkylation sites (N-methyl/N-ethyl adjacent to an activating group) is 1. The first-order chi connectivity index (χ1) is 9.47. The molecule has 2 atom stereocenters. The summed E-state index contributed by atoms with van der Waals surface area (Å²) in [5.41, 5.74) is 7.28. The summed E-state index contributed by atoms with van der Waals surface area (Å²) < 4.78 is 0. The molecule has 20 heavy (non-hydrogen) atoms. The van der Waals surface area contributed by atoms with Crippen molar-refractivity contribution in [3.63, 3.8) is 0 Å². The molecule has 2 rings (SSSR count). The first-order valence-electron chi connectivity index (χ1n) is 7.33. The van der Waals surface area contributed by atoms with Gasteiger partial charge in [0.15, 0.2) is 0 Å². The molecule has 0 bridgehead atoms. The van der Waals surface area contributed by atoms with Gasteiger partial charge in [0.1, 0.15) is 0 Å². The Hall–Kier alpha value is -1.55. The number of nitrogens with zero attached hydrogens (tertiary/aromatic N) is 2. The third-order valence-corrected chi connectivity index (χ3v) is 4.24. The van der Waals surface area contributed by atoms with E-state index in [2.05, 4.69) is 18.7 Å². The smallest absolute Gasteiger partial charge is 0.240 e. The van der Waals surface area contributed by atoms with Crippen molar-refractivity contribution < 1.29 is 4.79 Å². The number of amides is 1. The van der Waals surface area contributed by atoms with Crippen molar-refractivity contribution in [1.82, 2.24) is 4.90 Å². The van der Waals surface area contributed by atoms with Gasteiger partial charge in [-0.2, -0.15) is 0 Å². The van der Waals surface area contributed by atoms with E-state index in [4.69, 9.17) is 5.73 Å². The molecule has 0 radical (unpaired) electrons. The van der Waals surface area contributed by atoms with Crippen molar-refractivity contribution in [2.45, 2.75) is 32.7 Å². The molecule has 0 aliphatic carbocycles. The van der Waals surface area contributed by atoms with E-state index < -0.39 is 0 Å². The summed E-state index contributed by atoms with van der Waals surface area (Å²) in [5.74, 6) is 0.816. The van der Waals surface area contributed by atoms with Crippen molar-refractivity contribution in [1.29, 1.82) is 0 Å². The van der Waals surface area contributed by atoms with Gasteiger partial charge in [0.2, 0.25) is 5.91 Å². The lowest BCUT2D eigenvalue weighted by molar-refractivity contribution is -0.120. The molecule has 0 saturated carbocycles. The average Bonchev–Trinajstić information content (AvgIpc) is 2.43. The summed E-state index contributed by atoms with van der Waals surface area (Å²) in [6, 6.07) is 7.91. The highest BCUT2D eigenvalue weighted by Gasteiger charge is 2.25. The molecule has 1 aliphatic heterocycles. The number of carbonyl (C=O) groups excluding carboxylic acids is 1. The number of anilines is 2. The van der Waals surface area contributed by atoms with E-state index in [0.29, 0.717) is 24.2 Å². The van der Waals surface area contributed by atoms with Crippen LogP contribution in [0.25, 0.3) is 0 Å². The van der Waals surface area contributed by atoms with Gasteiger partial charge in [-0.3, -0.25) is 9.69 Å². The van der Waals surface area contributed by atoms with Crippen LogP contribution in [0.3, 0.4) is 0 Å². The largest absolute Gasteiger partial charge is 0.399 e. The molecule has 2 N–H and O–H groups in total. The molecular formula is C16H25N3O. The first kappa shape index (κ1) is 14.9. The molecule has 110 valence electrons. The van der Waals surface area contributed by atoms with Crippen LogP contribution in [-0.4, -0.2) is 37.0 Å². The number of benzene rings is 1. The second-order valence-corrected chi connectivity index (χ2v) is 6.01. The Balaban J connectivity index is 1.98. The summed E-state index contributed by atoms with van der Waals surface area (Å²) in [6.07, 6.45) is 2.44. The van der Waals surface area contributed by atoms with Gasteiger partial charge in [0.25, 0.3) is 0 Å². The topological polar surface area (TPSA) is 49.6 Å². The second-order valence-electron chi connectivity index (χ2n) is 6.01. The standard InChI is InChI=1S/C16H25N3O/c1-12-4-5-13(2)19(10-12)11-16(20)18(3)15-8-6-14(17)7-9-15/h6-9,12-13H,4-5,10-11,17H2,1-3H3. The summed E-state index contributed by atoms with van der Waals surface area (Å²) >= 11 is 0. The molecule has 0 spiro atoms. The van der Waals surface area contributed by atoms with E-state index in [0.717, 1.165) is 12.2 Å². The maximum atomic E-state index is 12.4. The molecule has 4 nitrogen and oxygen atoms in total. The SMILES string of the molecule is CC1CCC(C)N(CC(=O)N(C)c2ccc(N)cc2)C1. The maximum Gasteiger partial charge on any atom is 0.240 e. The fourth-order valence-corrected chi connectivity index (χ4v) is 2.72. The number of carbonyl (C=O) groups is 1. The lowest BCUT2D eigenvalue weighted by atomic mass is 9.95. The van der Waals surface area contributed by atoms with E-state index in [-0.39, 0.29) is 5.91 Å². The van der Waals surface area contributed by atoms with Gasteiger partial charge in [-0.1, -0.05) is 6.92 Å². The monoisotopic (exact) mass is 275 g/mol. The Morgan fingerprint density at radius 2 is 1.95 bits per heavy atom. The Labute approximate surface area is 121 Å².